The molecule has 4 amide bonds. The lowest BCUT2D eigenvalue weighted by atomic mass is 10.0. The van der Waals surface area contributed by atoms with Crippen LogP contribution in [0.3, 0.4) is 0 Å². The van der Waals surface area contributed by atoms with Gasteiger partial charge in [0.25, 0.3) is 0 Å². The average molecular weight is 258 g/mol. The van der Waals surface area contributed by atoms with Crippen molar-refractivity contribution in [3.8, 4) is 0 Å². The number of aliphatic carboxylic acids is 1. The maximum Gasteiger partial charge on any atom is 0.326 e. The predicted octanol–water partition coefficient (Wildman–Crippen LogP) is -0.841. The van der Waals surface area contributed by atoms with Gasteiger partial charge in [-0.2, -0.15) is 0 Å². The fourth-order valence-electron chi connectivity index (χ4n) is 2.01. The van der Waals surface area contributed by atoms with Gasteiger partial charge in [-0.3, -0.25) is 0 Å². The maximum absolute atomic E-state index is 11.8. The van der Waals surface area contributed by atoms with Crippen LogP contribution in [0.15, 0.2) is 0 Å². The van der Waals surface area contributed by atoms with Crippen LogP contribution in [0.5, 0.6) is 0 Å². The molecule has 0 spiro atoms. The van der Waals surface area contributed by atoms with Crippen molar-refractivity contribution in [2.24, 2.45) is 11.7 Å². The summed E-state index contributed by atoms with van der Waals surface area (Å²) in [5, 5.41) is 13.9. The third-order valence-corrected chi connectivity index (χ3v) is 2.91. The number of nitrogens with two attached hydrogens (primary N) is 1. The summed E-state index contributed by atoms with van der Waals surface area (Å²) in [6, 6.07) is -1.88. The number of carboxylic acid groups (broad SMARTS) is 1. The molecule has 102 valence electrons. The van der Waals surface area contributed by atoms with E-state index < -0.39 is 24.1 Å². The molecule has 2 unspecified atom stereocenters. The normalized spacial score (nSPS) is 22.6. The first-order valence-electron chi connectivity index (χ1n) is 5.74. The molecule has 1 fully saturated rings. The van der Waals surface area contributed by atoms with Gasteiger partial charge in [-0.05, 0) is 12.3 Å². The summed E-state index contributed by atoms with van der Waals surface area (Å²) >= 11 is 0. The number of hydrogen-bond donors (Lipinski definition) is 4. The van der Waals surface area contributed by atoms with Crippen molar-refractivity contribution in [3.63, 3.8) is 0 Å². The number of nitrogens with zero attached hydrogens (tertiary/aromatic N) is 1. The smallest absolute Gasteiger partial charge is 0.326 e. The van der Waals surface area contributed by atoms with Crippen molar-refractivity contribution < 1.29 is 19.5 Å². The lowest BCUT2D eigenvalue weighted by molar-refractivity contribution is -0.142. The Kier molecular flexibility index (Phi) is 4.75. The summed E-state index contributed by atoms with van der Waals surface area (Å²) in [5.41, 5.74) is 4.86. The van der Waals surface area contributed by atoms with Gasteiger partial charge in [0.05, 0.1) is 0 Å². The zero-order chi connectivity index (χ0) is 13.7. The van der Waals surface area contributed by atoms with E-state index in [1.165, 1.54) is 4.90 Å². The van der Waals surface area contributed by atoms with Crippen LogP contribution in [0.4, 0.5) is 9.59 Å². The number of rotatable bonds is 4. The molecule has 1 saturated heterocycles. The Bertz CT molecular complexity index is 347. The molecular weight excluding hydrogens is 240 g/mol. The van der Waals surface area contributed by atoms with E-state index in [0.717, 1.165) is 0 Å². The lowest BCUT2D eigenvalue weighted by Crippen LogP contribution is -2.49. The second-order valence-corrected chi connectivity index (χ2v) is 4.27. The number of urea groups is 2. The van der Waals surface area contributed by atoms with Crippen LogP contribution in [-0.2, 0) is 4.79 Å². The van der Waals surface area contributed by atoms with Crippen LogP contribution in [0.1, 0.15) is 13.3 Å². The zero-order valence-corrected chi connectivity index (χ0v) is 10.2. The monoisotopic (exact) mass is 258 g/mol. The minimum atomic E-state index is -0.995. The van der Waals surface area contributed by atoms with Crippen molar-refractivity contribution in [2.45, 2.75) is 19.4 Å². The minimum Gasteiger partial charge on any atom is -0.480 e. The molecule has 0 radical (unpaired) electrons. The second kappa shape index (κ2) is 6.08. The summed E-state index contributed by atoms with van der Waals surface area (Å²) in [4.78, 5) is 34.5. The highest BCUT2D eigenvalue weighted by molar-refractivity contribution is 5.83. The second-order valence-electron chi connectivity index (χ2n) is 4.27. The number of nitrogens with one attached hydrogen (secondary N) is 2. The van der Waals surface area contributed by atoms with Gasteiger partial charge >= 0.3 is 18.0 Å². The van der Waals surface area contributed by atoms with Crippen LogP contribution in [0.25, 0.3) is 0 Å². The van der Waals surface area contributed by atoms with E-state index in [1.807, 2.05) is 0 Å². The molecule has 1 aliphatic rings. The average Bonchev–Trinajstić information content (AvgIpc) is 2.66. The van der Waals surface area contributed by atoms with Gasteiger partial charge in [-0.15, -0.1) is 0 Å². The van der Waals surface area contributed by atoms with Gasteiger partial charge in [0, 0.05) is 19.6 Å². The van der Waals surface area contributed by atoms with Gasteiger partial charge in [0.2, 0.25) is 0 Å². The van der Waals surface area contributed by atoms with E-state index in [9.17, 15) is 14.4 Å². The number of amides is 4. The lowest BCUT2D eigenvalue weighted by Gasteiger charge is -2.23. The third kappa shape index (κ3) is 3.51. The molecule has 1 heterocycles. The van der Waals surface area contributed by atoms with Gasteiger partial charge in [0.1, 0.15) is 6.04 Å². The first kappa shape index (κ1) is 14.1. The SMILES string of the molecule is CC1CCN(C(=O)NCCNC(N)=O)C1C(=O)O. The molecule has 8 nitrogen and oxygen atoms in total. The maximum atomic E-state index is 11.8. The van der Waals surface area contributed by atoms with Crippen LogP contribution < -0.4 is 16.4 Å². The Hall–Kier alpha value is -1.99. The number of carboxylic acids is 1. The first-order chi connectivity index (χ1) is 8.43. The van der Waals surface area contributed by atoms with Crippen LogP contribution in [-0.4, -0.2) is 53.7 Å². The Morgan fingerprint density at radius 2 is 1.94 bits per heavy atom. The number of likely N-dealkylation sites (tertiary alicyclic amines) is 1. The molecule has 0 aromatic rings. The van der Waals surface area contributed by atoms with E-state index in [2.05, 4.69) is 10.6 Å². The molecule has 18 heavy (non-hydrogen) atoms. The summed E-state index contributed by atoms with van der Waals surface area (Å²) in [7, 11) is 0. The highest BCUT2D eigenvalue weighted by Crippen LogP contribution is 2.23. The molecule has 0 bridgehead atoms. The summed E-state index contributed by atoms with van der Waals surface area (Å²) < 4.78 is 0. The number of carbonyl (C=O) groups excluding carboxylic acids is 2. The number of primary amides is 1. The molecule has 8 heteroatoms. The number of carbonyl (C=O) groups is 3. The molecule has 2 atom stereocenters. The minimum absolute atomic E-state index is 0.0583. The van der Waals surface area contributed by atoms with Gasteiger partial charge in [0.15, 0.2) is 0 Å². The van der Waals surface area contributed by atoms with Crippen molar-refractivity contribution in [1.82, 2.24) is 15.5 Å². The zero-order valence-electron chi connectivity index (χ0n) is 10.2. The molecule has 0 saturated carbocycles. The summed E-state index contributed by atoms with van der Waals surface area (Å²) in [6.45, 7) is 2.65. The first-order valence-corrected chi connectivity index (χ1v) is 5.74. The largest absolute Gasteiger partial charge is 0.480 e. The Morgan fingerprint density at radius 3 is 2.50 bits per heavy atom. The fraction of sp³-hybridized carbons (Fsp3) is 0.700. The Balaban J connectivity index is 2.41. The summed E-state index contributed by atoms with van der Waals surface area (Å²) in [6.07, 6.45) is 0.671. The van der Waals surface area contributed by atoms with E-state index in [1.54, 1.807) is 6.92 Å². The van der Waals surface area contributed by atoms with Gasteiger partial charge in [-0.25, -0.2) is 14.4 Å². The molecular formula is C10H18N4O4. The van der Waals surface area contributed by atoms with Gasteiger partial charge < -0.3 is 26.4 Å². The highest BCUT2D eigenvalue weighted by atomic mass is 16.4. The molecule has 0 aromatic carbocycles. The van der Waals surface area contributed by atoms with E-state index in [4.69, 9.17) is 10.8 Å². The Labute approximate surface area is 104 Å². The van der Waals surface area contributed by atoms with Crippen LogP contribution in [0.2, 0.25) is 0 Å². The number of hydrogen-bond acceptors (Lipinski definition) is 3. The quantitative estimate of drug-likeness (QED) is 0.490. The molecule has 1 rings (SSSR count). The standard InChI is InChI=1S/C10H18N4O4/c1-6-2-5-14(7(6)8(15)16)10(18)13-4-3-12-9(11)17/h6-7H,2-5H2,1H3,(H,13,18)(H,15,16)(H3,11,12,17). The third-order valence-electron chi connectivity index (χ3n) is 2.91. The predicted molar refractivity (Wildman–Crippen MR) is 62.9 cm³/mol. The molecule has 0 aliphatic carbocycles. The molecule has 5 N–H and O–H groups in total. The summed E-state index contributed by atoms with van der Waals surface area (Å²) in [5.74, 6) is -1.05. The van der Waals surface area contributed by atoms with Crippen molar-refractivity contribution in [2.75, 3.05) is 19.6 Å². The molecule has 1 aliphatic heterocycles. The van der Waals surface area contributed by atoms with Crippen molar-refractivity contribution in [3.05, 3.63) is 0 Å². The van der Waals surface area contributed by atoms with Crippen molar-refractivity contribution in [1.29, 1.82) is 0 Å². The van der Waals surface area contributed by atoms with Crippen molar-refractivity contribution >= 4 is 18.0 Å². The van der Waals surface area contributed by atoms with E-state index in [-0.39, 0.29) is 19.0 Å². The highest BCUT2D eigenvalue weighted by Gasteiger charge is 2.39. The Morgan fingerprint density at radius 1 is 1.33 bits per heavy atom. The van der Waals surface area contributed by atoms with E-state index >= 15 is 0 Å². The van der Waals surface area contributed by atoms with E-state index in [0.29, 0.717) is 13.0 Å². The topological polar surface area (TPSA) is 125 Å². The molecule has 0 aromatic heterocycles. The fourth-order valence-corrected chi connectivity index (χ4v) is 2.01. The van der Waals surface area contributed by atoms with Crippen LogP contribution in [0, 0.1) is 5.92 Å². The van der Waals surface area contributed by atoms with Crippen LogP contribution >= 0.6 is 0 Å². The van der Waals surface area contributed by atoms with Gasteiger partial charge in [-0.1, -0.05) is 6.92 Å².